The molecule has 1 heterocycles. The van der Waals surface area contributed by atoms with Crippen molar-refractivity contribution in [2.45, 2.75) is 25.8 Å². The zero-order valence-electron chi connectivity index (χ0n) is 10.6. The first-order chi connectivity index (χ1) is 8.66. The Morgan fingerprint density at radius 2 is 1.89 bits per heavy atom. The van der Waals surface area contributed by atoms with Crippen LogP contribution in [0.1, 0.15) is 24.8 Å². The van der Waals surface area contributed by atoms with Crippen molar-refractivity contribution in [3.8, 4) is 0 Å². The molecule has 1 saturated heterocycles. The Balaban J connectivity index is 0.00000180. The molecule has 0 unspecified atom stereocenters. The van der Waals surface area contributed by atoms with Gasteiger partial charge in [-0.25, -0.2) is 4.99 Å². The van der Waals surface area contributed by atoms with E-state index < -0.39 is 0 Å². The van der Waals surface area contributed by atoms with Crippen molar-refractivity contribution < 1.29 is 0 Å². The van der Waals surface area contributed by atoms with Crippen molar-refractivity contribution in [1.82, 2.24) is 4.90 Å². The molecule has 2 N–H and O–H groups in total. The smallest absolute Gasteiger partial charge is 0.191 e. The fourth-order valence-corrected chi connectivity index (χ4v) is 2.51. The molecule has 1 aromatic rings. The Morgan fingerprint density at radius 1 is 1.21 bits per heavy atom. The van der Waals surface area contributed by atoms with Crippen LogP contribution in [0.4, 0.5) is 0 Å². The summed E-state index contributed by atoms with van der Waals surface area (Å²) in [6.07, 6.45) is 3.67. The van der Waals surface area contributed by atoms with Gasteiger partial charge in [0.2, 0.25) is 0 Å². The Bertz CT molecular complexity index is 446. The normalized spacial score (nSPS) is 16.1. The minimum absolute atomic E-state index is 0. The van der Waals surface area contributed by atoms with Gasteiger partial charge < -0.3 is 10.6 Å². The van der Waals surface area contributed by atoms with E-state index in [1.807, 2.05) is 12.1 Å². The molecule has 0 aromatic heterocycles. The summed E-state index contributed by atoms with van der Waals surface area (Å²) in [7, 11) is 0. The zero-order valence-corrected chi connectivity index (χ0v) is 14.5. The highest BCUT2D eigenvalue weighted by Gasteiger charge is 2.11. The molecule has 0 radical (unpaired) electrons. The van der Waals surface area contributed by atoms with E-state index >= 15 is 0 Å². The monoisotopic (exact) mass is 413 g/mol. The SMILES string of the molecule is I.NC(=NCc1ccc(Cl)cc1Cl)N1CCCCC1. The molecule has 0 aliphatic carbocycles. The van der Waals surface area contributed by atoms with Crippen LogP contribution >= 0.6 is 47.2 Å². The van der Waals surface area contributed by atoms with Crippen LogP contribution in [-0.2, 0) is 6.54 Å². The topological polar surface area (TPSA) is 41.6 Å². The first kappa shape index (κ1) is 16.9. The van der Waals surface area contributed by atoms with Crippen LogP contribution in [-0.4, -0.2) is 23.9 Å². The van der Waals surface area contributed by atoms with Gasteiger partial charge in [0.15, 0.2) is 5.96 Å². The van der Waals surface area contributed by atoms with Crippen LogP contribution in [0, 0.1) is 0 Å². The Labute approximate surface area is 141 Å². The Hall–Kier alpha value is -0.200. The largest absolute Gasteiger partial charge is 0.370 e. The first-order valence-electron chi connectivity index (χ1n) is 6.15. The maximum absolute atomic E-state index is 6.09. The predicted octanol–water partition coefficient (Wildman–Crippen LogP) is 3.91. The lowest BCUT2D eigenvalue weighted by atomic mass is 10.1. The van der Waals surface area contributed by atoms with Crippen molar-refractivity contribution in [3.63, 3.8) is 0 Å². The number of nitrogens with zero attached hydrogens (tertiary/aromatic N) is 2. The van der Waals surface area contributed by atoms with Crippen LogP contribution in [0.5, 0.6) is 0 Å². The van der Waals surface area contributed by atoms with E-state index in [-0.39, 0.29) is 24.0 Å². The molecule has 2 rings (SSSR count). The van der Waals surface area contributed by atoms with E-state index in [1.165, 1.54) is 19.3 Å². The van der Waals surface area contributed by atoms with Crippen LogP contribution < -0.4 is 5.73 Å². The molecule has 1 aliphatic rings. The maximum atomic E-state index is 6.09. The number of halogens is 3. The van der Waals surface area contributed by atoms with Crippen LogP contribution in [0.2, 0.25) is 10.0 Å². The van der Waals surface area contributed by atoms with Gasteiger partial charge >= 0.3 is 0 Å². The number of nitrogens with two attached hydrogens (primary N) is 1. The number of piperidine rings is 1. The third-order valence-corrected chi connectivity index (χ3v) is 3.69. The lowest BCUT2D eigenvalue weighted by molar-refractivity contribution is 0.338. The van der Waals surface area contributed by atoms with E-state index in [1.54, 1.807) is 6.07 Å². The van der Waals surface area contributed by atoms with Crippen LogP contribution in [0.3, 0.4) is 0 Å². The molecule has 0 amide bonds. The highest BCUT2D eigenvalue weighted by atomic mass is 127. The summed E-state index contributed by atoms with van der Waals surface area (Å²) >= 11 is 11.9. The van der Waals surface area contributed by atoms with Gasteiger partial charge in [0.1, 0.15) is 0 Å². The number of benzene rings is 1. The highest BCUT2D eigenvalue weighted by Crippen LogP contribution is 2.21. The summed E-state index contributed by atoms with van der Waals surface area (Å²) in [5.74, 6) is 0.612. The van der Waals surface area contributed by atoms with E-state index in [4.69, 9.17) is 28.9 Å². The number of rotatable bonds is 2. The predicted molar refractivity (Wildman–Crippen MR) is 92.6 cm³/mol. The molecule has 0 spiro atoms. The number of hydrogen-bond donors (Lipinski definition) is 1. The van der Waals surface area contributed by atoms with Gasteiger partial charge in [0, 0.05) is 23.1 Å². The summed E-state index contributed by atoms with van der Waals surface area (Å²) in [5, 5.41) is 1.27. The second-order valence-electron chi connectivity index (χ2n) is 4.46. The molecular weight excluding hydrogens is 396 g/mol. The summed E-state index contributed by atoms with van der Waals surface area (Å²) in [4.78, 5) is 6.53. The standard InChI is InChI=1S/C13H17Cl2N3.HI/c14-11-5-4-10(12(15)8-11)9-17-13(16)18-6-2-1-3-7-18;/h4-5,8H,1-3,6-7,9H2,(H2,16,17);1H. The molecule has 106 valence electrons. The maximum Gasteiger partial charge on any atom is 0.191 e. The average molecular weight is 414 g/mol. The van der Waals surface area contributed by atoms with Gasteiger partial charge in [-0.1, -0.05) is 29.3 Å². The van der Waals surface area contributed by atoms with E-state index in [2.05, 4.69) is 9.89 Å². The molecule has 1 fully saturated rings. The van der Waals surface area contributed by atoms with Gasteiger partial charge in [-0.3, -0.25) is 0 Å². The van der Waals surface area contributed by atoms with Gasteiger partial charge in [-0.15, -0.1) is 24.0 Å². The lowest BCUT2D eigenvalue weighted by Gasteiger charge is -2.27. The van der Waals surface area contributed by atoms with Crippen LogP contribution in [0.25, 0.3) is 0 Å². The van der Waals surface area contributed by atoms with Gasteiger partial charge in [-0.2, -0.15) is 0 Å². The molecule has 6 heteroatoms. The number of likely N-dealkylation sites (tertiary alicyclic amines) is 1. The number of aliphatic imine (C=N–C) groups is 1. The minimum Gasteiger partial charge on any atom is -0.370 e. The summed E-state index contributed by atoms with van der Waals surface area (Å²) < 4.78 is 0. The van der Waals surface area contributed by atoms with Crippen molar-refractivity contribution in [3.05, 3.63) is 33.8 Å². The third kappa shape index (κ3) is 5.00. The third-order valence-electron chi connectivity index (χ3n) is 3.11. The van der Waals surface area contributed by atoms with E-state index in [0.29, 0.717) is 22.5 Å². The molecule has 1 aromatic carbocycles. The lowest BCUT2D eigenvalue weighted by Crippen LogP contribution is -2.40. The zero-order chi connectivity index (χ0) is 13.0. The van der Waals surface area contributed by atoms with Crippen molar-refractivity contribution in [2.24, 2.45) is 10.7 Å². The van der Waals surface area contributed by atoms with Gasteiger partial charge in [0.25, 0.3) is 0 Å². The molecule has 0 bridgehead atoms. The minimum atomic E-state index is 0. The average Bonchev–Trinajstić information content (AvgIpc) is 2.38. The summed E-state index contributed by atoms with van der Waals surface area (Å²) in [6.45, 7) is 2.51. The molecule has 0 saturated carbocycles. The second-order valence-corrected chi connectivity index (χ2v) is 5.30. The van der Waals surface area contributed by atoms with E-state index in [9.17, 15) is 0 Å². The highest BCUT2D eigenvalue weighted by molar-refractivity contribution is 14.0. The van der Waals surface area contributed by atoms with Crippen molar-refractivity contribution in [2.75, 3.05) is 13.1 Å². The number of hydrogen-bond acceptors (Lipinski definition) is 1. The summed E-state index contributed by atoms with van der Waals surface area (Å²) in [6, 6.07) is 5.43. The molecule has 3 nitrogen and oxygen atoms in total. The molecule has 1 aliphatic heterocycles. The second kappa shape index (κ2) is 8.17. The summed E-state index contributed by atoms with van der Waals surface area (Å²) in [5.41, 5.74) is 6.93. The van der Waals surface area contributed by atoms with Gasteiger partial charge in [-0.05, 0) is 37.0 Å². The Kier molecular flexibility index (Phi) is 7.25. The van der Waals surface area contributed by atoms with Gasteiger partial charge in [0.05, 0.1) is 6.54 Å². The fourth-order valence-electron chi connectivity index (χ4n) is 2.04. The number of guanidine groups is 1. The first-order valence-corrected chi connectivity index (χ1v) is 6.91. The van der Waals surface area contributed by atoms with E-state index in [0.717, 1.165) is 18.7 Å². The molecule has 19 heavy (non-hydrogen) atoms. The molecule has 0 atom stereocenters. The van der Waals surface area contributed by atoms with Crippen molar-refractivity contribution >= 4 is 53.1 Å². The van der Waals surface area contributed by atoms with Crippen LogP contribution in [0.15, 0.2) is 23.2 Å². The fraction of sp³-hybridized carbons (Fsp3) is 0.462. The quantitative estimate of drug-likeness (QED) is 0.453. The Morgan fingerprint density at radius 3 is 2.53 bits per heavy atom. The molecular formula is C13H18Cl2IN3. The van der Waals surface area contributed by atoms with Crippen molar-refractivity contribution in [1.29, 1.82) is 0 Å².